The van der Waals surface area contributed by atoms with Crippen LogP contribution in [0.4, 0.5) is 5.82 Å². The van der Waals surface area contributed by atoms with Gasteiger partial charge in [-0.15, -0.1) is 11.3 Å². The van der Waals surface area contributed by atoms with Crippen molar-refractivity contribution < 1.29 is 0 Å². The van der Waals surface area contributed by atoms with Crippen molar-refractivity contribution >= 4 is 39.7 Å². The monoisotopic (exact) mass is 372 g/mol. The second-order valence-corrected chi connectivity index (χ2v) is 6.28. The number of nitrogen functional groups attached to an aromatic ring is 1. The zero-order chi connectivity index (χ0) is 12.5. The summed E-state index contributed by atoms with van der Waals surface area (Å²) in [7, 11) is 0. The van der Waals surface area contributed by atoms with E-state index >= 15 is 0 Å². The van der Waals surface area contributed by atoms with Crippen LogP contribution >= 0.6 is 33.9 Å². The molecule has 0 atom stereocenters. The van der Waals surface area contributed by atoms with Gasteiger partial charge in [-0.1, -0.05) is 12.8 Å². The molecule has 1 aliphatic rings. The van der Waals surface area contributed by atoms with Crippen molar-refractivity contribution in [3.8, 4) is 11.5 Å². The molecule has 0 aromatic carbocycles. The van der Waals surface area contributed by atoms with Crippen LogP contribution < -0.4 is 5.73 Å². The fourth-order valence-electron chi connectivity index (χ4n) is 2.39. The smallest absolute Gasteiger partial charge is 0.181 e. The molecular formula is C12H13IN4S. The molecule has 3 rings (SSSR count). The van der Waals surface area contributed by atoms with Crippen molar-refractivity contribution in [2.24, 2.45) is 0 Å². The van der Waals surface area contributed by atoms with Crippen molar-refractivity contribution in [3.05, 3.63) is 20.2 Å². The lowest BCUT2D eigenvalue weighted by molar-refractivity contribution is 0.691. The van der Waals surface area contributed by atoms with Crippen molar-refractivity contribution in [2.75, 3.05) is 5.73 Å². The van der Waals surface area contributed by atoms with Crippen LogP contribution in [0.5, 0.6) is 0 Å². The first-order valence-electron chi connectivity index (χ1n) is 5.97. The van der Waals surface area contributed by atoms with E-state index in [9.17, 15) is 0 Å². The van der Waals surface area contributed by atoms with E-state index in [1.807, 2.05) is 5.38 Å². The Kier molecular flexibility index (Phi) is 3.47. The number of hydrogen-bond donors (Lipinski definition) is 1. The molecular weight excluding hydrogens is 359 g/mol. The fraction of sp³-hybridized carbons (Fsp3) is 0.417. The first-order valence-corrected chi connectivity index (χ1v) is 7.99. The highest BCUT2D eigenvalue weighted by Crippen LogP contribution is 2.37. The van der Waals surface area contributed by atoms with Crippen LogP contribution in [-0.4, -0.2) is 15.0 Å². The van der Waals surface area contributed by atoms with Gasteiger partial charge in [0.2, 0.25) is 0 Å². The average molecular weight is 372 g/mol. The second-order valence-electron chi connectivity index (χ2n) is 4.49. The number of halogens is 1. The third kappa shape index (κ3) is 2.23. The minimum absolute atomic E-state index is 0.541. The Labute approximate surface area is 123 Å². The second kappa shape index (κ2) is 5.08. The van der Waals surface area contributed by atoms with Crippen LogP contribution in [0, 0.1) is 3.57 Å². The third-order valence-electron chi connectivity index (χ3n) is 3.31. The maximum atomic E-state index is 6.01. The van der Waals surface area contributed by atoms with E-state index < -0.39 is 0 Å². The van der Waals surface area contributed by atoms with Crippen LogP contribution in [0.3, 0.4) is 0 Å². The van der Waals surface area contributed by atoms with Gasteiger partial charge in [0, 0.05) is 11.3 Å². The van der Waals surface area contributed by atoms with Crippen LogP contribution in [-0.2, 0) is 0 Å². The highest BCUT2D eigenvalue weighted by Gasteiger charge is 2.23. The third-order valence-corrected chi connectivity index (χ3v) is 5.00. The van der Waals surface area contributed by atoms with Crippen LogP contribution in [0.15, 0.2) is 10.9 Å². The van der Waals surface area contributed by atoms with Gasteiger partial charge >= 0.3 is 0 Å². The summed E-state index contributed by atoms with van der Waals surface area (Å²) < 4.78 is 1.01. The standard InChI is InChI=1S/C12H13IN4S/c13-9-10(7-3-1-2-4-7)16-12(17-11(9)14)8-5-18-6-15-8/h5-7H,1-4H2,(H2,14,16,17). The van der Waals surface area contributed by atoms with Crippen molar-refractivity contribution in [3.63, 3.8) is 0 Å². The molecule has 2 N–H and O–H groups in total. The predicted octanol–water partition coefficient (Wildman–Crippen LogP) is 3.44. The normalized spacial score (nSPS) is 16.3. The molecule has 1 fully saturated rings. The molecule has 4 nitrogen and oxygen atoms in total. The van der Waals surface area contributed by atoms with Crippen molar-refractivity contribution in [1.82, 2.24) is 15.0 Å². The molecule has 2 heterocycles. The Morgan fingerprint density at radius 3 is 2.72 bits per heavy atom. The summed E-state index contributed by atoms with van der Waals surface area (Å²) in [5, 5.41) is 1.96. The lowest BCUT2D eigenvalue weighted by Gasteiger charge is -2.13. The summed E-state index contributed by atoms with van der Waals surface area (Å²) in [5.41, 5.74) is 9.74. The topological polar surface area (TPSA) is 64.7 Å². The van der Waals surface area contributed by atoms with E-state index in [0.29, 0.717) is 17.6 Å². The Morgan fingerprint density at radius 2 is 2.06 bits per heavy atom. The number of nitrogens with two attached hydrogens (primary N) is 1. The molecule has 0 amide bonds. The maximum absolute atomic E-state index is 6.01. The molecule has 0 unspecified atom stereocenters. The maximum Gasteiger partial charge on any atom is 0.181 e. The SMILES string of the molecule is Nc1nc(-c2cscn2)nc(C2CCCC2)c1I. The number of anilines is 1. The number of nitrogens with zero attached hydrogens (tertiary/aromatic N) is 3. The van der Waals surface area contributed by atoms with Crippen LogP contribution in [0.2, 0.25) is 0 Å². The molecule has 18 heavy (non-hydrogen) atoms. The van der Waals surface area contributed by atoms with Gasteiger partial charge in [0.15, 0.2) is 5.82 Å². The van der Waals surface area contributed by atoms with E-state index in [0.717, 1.165) is 15.0 Å². The summed E-state index contributed by atoms with van der Waals surface area (Å²) in [5.74, 6) is 1.78. The van der Waals surface area contributed by atoms with E-state index in [-0.39, 0.29) is 0 Å². The quantitative estimate of drug-likeness (QED) is 0.821. The molecule has 0 spiro atoms. The van der Waals surface area contributed by atoms with E-state index in [4.69, 9.17) is 10.7 Å². The van der Waals surface area contributed by atoms with E-state index in [1.54, 1.807) is 16.8 Å². The van der Waals surface area contributed by atoms with Gasteiger partial charge < -0.3 is 5.73 Å². The highest BCUT2D eigenvalue weighted by molar-refractivity contribution is 14.1. The molecule has 1 saturated carbocycles. The van der Waals surface area contributed by atoms with Gasteiger partial charge in [-0.2, -0.15) is 0 Å². The molecule has 0 saturated heterocycles. The van der Waals surface area contributed by atoms with Crippen LogP contribution in [0.1, 0.15) is 37.3 Å². The van der Waals surface area contributed by atoms with Crippen molar-refractivity contribution in [1.29, 1.82) is 0 Å². The first kappa shape index (κ1) is 12.3. The van der Waals surface area contributed by atoms with Gasteiger partial charge in [0.1, 0.15) is 11.5 Å². The Balaban J connectivity index is 2.07. The molecule has 0 aliphatic heterocycles. The average Bonchev–Trinajstić information content (AvgIpc) is 3.03. The highest BCUT2D eigenvalue weighted by atomic mass is 127. The van der Waals surface area contributed by atoms with Gasteiger partial charge in [0.25, 0.3) is 0 Å². The molecule has 0 radical (unpaired) electrons. The Morgan fingerprint density at radius 1 is 1.28 bits per heavy atom. The summed E-state index contributed by atoms with van der Waals surface area (Å²) in [6.07, 6.45) is 5.00. The Bertz CT molecular complexity index is 549. The summed E-state index contributed by atoms with van der Waals surface area (Å²) in [6.45, 7) is 0. The molecule has 1 aliphatic carbocycles. The summed E-state index contributed by atoms with van der Waals surface area (Å²) >= 11 is 3.81. The molecule has 94 valence electrons. The first-order chi connectivity index (χ1) is 8.75. The molecule has 2 aromatic heterocycles. The molecule has 0 bridgehead atoms. The summed E-state index contributed by atoms with van der Waals surface area (Å²) in [6, 6.07) is 0. The minimum Gasteiger partial charge on any atom is -0.383 e. The number of rotatable bonds is 2. The van der Waals surface area contributed by atoms with Gasteiger partial charge in [0.05, 0.1) is 14.8 Å². The summed E-state index contributed by atoms with van der Waals surface area (Å²) in [4.78, 5) is 13.3. The van der Waals surface area contributed by atoms with Crippen LogP contribution in [0.25, 0.3) is 11.5 Å². The van der Waals surface area contributed by atoms with Crippen molar-refractivity contribution in [2.45, 2.75) is 31.6 Å². The molecule has 6 heteroatoms. The van der Waals surface area contributed by atoms with Gasteiger partial charge in [-0.3, -0.25) is 0 Å². The lowest BCUT2D eigenvalue weighted by atomic mass is 10.0. The minimum atomic E-state index is 0.541. The van der Waals surface area contributed by atoms with E-state index in [2.05, 4.69) is 32.6 Å². The van der Waals surface area contributed by atoms with Gasteiger partial charge in [-0.05, 0) is 35.4 Å². The van der Waals surface area contributed by atoms with E-state index in [1.165, 1.54) is 25.7 Å². The number of aromatic nitrogens is 3. The zero-order valence-electron chi connectivity index (χ0n) is 9.77. The van der Waals surface area contributed by atoms with Gasteiger partial charge in [-0.25, -0.2) is 15.0 Å². The predicted molar refractivity (Wildman–Crippen MR) is 81.5 cm³/mol. The lowest BCUT2D eigenvalue weighted by Crippen LogP contribution is -2.08. The number of thiazole rings is 1. The fourth-order valence-corrected chi connectivity index (χ4v) is 3.60. The molecule has 2 aromatic rings. The number of hydrogen-bond acceptors (Lipinski definition) is 5. The largest absolute Gasteiger partial charge is 0.383 e. The Hall–Kier alpha value is -0.760. The zero-order valence-corrected chi connectivity index (χ0v) is 12.7.